The van der Waals surface area contributed by atoms with E-state index in [2.05, 4.69) is 20.8 Å². The van der Waals surface area contributed by atoms with Gasteiger partial charge in [0, 0.05) is 37.3 Å². The molecule has 4 rings (SSSR count). The Bertz CT molecular complexity index is 1200. The molecule has 1 aliphatic heterocycles. The second kappa shape index (κ2) is 7.89. The Kier molecular flexibility index (Phi) is 5.11. The highest BCUT2D eigenvalue weighted by Gasteiger charge is 2.36. The van der Waals surface area contributed by atoms with Crippen molar-refractivity contribution in [2.75, 3.05) is 16.8 Å². The molecule has 2 heterocycles. The summed E-state index contributed by atoms with van der Waals surface area (Å²) in [6.45, 7) is 0.0281. The van der Waals surface area contributed by atoms with E-state index >= 15 is 0 Å². The summed E-state index contributed by atoms with van der Waals surface area (Å²) in [5.41, 5.74) is 0.653. The van der Waals surface area contributed by atoms with E-state index in [1.54, 1.807) is 31.3 Å². The summed E-state index contributed by atoms with van der Waals surface area (Å²) in [5.74, 6) is -1.89. The summed E-state index contributed by atoms with van der Waals surface area (Å²) in [7, 11) is 1.69. The molecule has 0 aliphatic carbocycles. The number of tetrazole rings is 1. The SMILES string of the molecule is Cn1nnnc1-c1cccc(NC(=O)[C@@H]2CC(=O)N(c3ccc(F)c([N+](=O)[O-])c3)C2)c1. The molecule has 1 N–H and O–H groups in total. The van der Waals surface area contributed by atoms with Gasteiger partial charge in [-0.15, -0.1) is 5.10 Å². The molecular formula is C19H16FN7O4. The lowest BCUT2D eigenvalue weighted by Crippen LogP contribution is -2.28. The number of nitrogens with zero attached hydrogens (tertiary/aromatic N) is 6. The van der Waals surface area contributed by atoms with Crippen LogP contribution in [-0.2, 0) is 16.6 Å². The molecule has 158 valence electrons. The van der Waals surface area contributed by atoms with Crippen LogP contribution < -0.4 is 10.2 Å². The van der Waals surface area contributed by atoms with Crippen LogP contribution in [0.3, 0.4) is 0 Å². The van der Waals surface area contributed by atoms with Gasteiger partial charge in [-0.05, 0) is 34.7 Å². The van der Waals surface area contributed by atoms with Gasteiger partial charge in [-0.1, -0.05) is 12.1 Å². The third-order valence-electron chi connectivity index (χ3n) is 4.94. The van der Waals surface area contributed by atoms with Crippen LogP contribution >= 0.6 is 0 Å². The van der Waals surface area contributed by atoms with Crippen LogP contribution in [0, 0.1) is 21.8 Å². The van der Waals surface area contributed by atoms with Gasteiger partial charge in [0.2, 0.25) is 17.6 Å². The van der Waals surface area contributed by atoms with Crippen LogP contribution in [0.4, 0.5) is 21.5 Å². The third-order valence-corrected chi connectivity index (χ3v) is 4.94. The van der Waals surface area contributed by atoms with Crippen molar-refractivity contribution < 1.29 is 18.9 Å². The van der Waals surface area contributed by atoms with Gasteiger partial charge in [-0.25, -0.2) is 4.68 Å². The third kappa shape index (κ3) is 3.95. The van der Waals surface area contributed by atoms with Gasteiger partial charge in [-0.3, -0.25) is 19.7 Å². The number of rotatable bonds is 5. The minimum atomic E-state index is -0.993. The average Bonchev–Trinajstić information content (AvgIpc) is 3.34. The first kappa shape index (κ1) is 20.1. The van der Waals surface area contributed by atoms with Crippen molar-refractivity contribution in [3.8, 4) is 11.4 Å². The van der Waals surface area contributed by atoms with Gasteiger partial charge in [0.1, 0.15) is 0 Å². The van der Waals surface area contributed by atoms with E-state index in [9.17, 15) is 24.1 Å². The number of carbonyl (C=O) groups is 2. The first-order chi connectivity index (χ1) is 14.8. The smallest absolute Gasteiger partial charge is 0.306 e. The normalized spacial score (nSPS) is 15.9. The molecule has 1 saturated heterocycles. The number of benzene rings is 2. The lowest BCUT2D eigenvalue weighted by atomic mass is 10.1. The molecule has 1 fully saturated rings. The molecule has 0 bridgehead atoms. The van der Waals surface area contributed by atoms with Crippen LogP contribution in [0.25, 0.3) is 11.4 Å². The fraction of sp³-hybridized carbons (Fsp3) is 0.211. The van der Waals surface area contributed by atoms with Crippen LogP contribution in [-0.4, -0.2) is 43.5 Å². The van der Waals surface area contributed by atoms with Crippen molar-refractivity contribution in [2.45, 2.75) is 6.42 Å². The van der Waals surface area contributed by atoms with Gasteiger partial charge in [0.15, 0.2) is 5.82 Å². The quantitative estimate of drug-likeness (QED) is 0.487. The van der Waals surface area contributed by atoms with Crippen LogP contribution in [0.5, 0.6) is 0 Å². The highest BCUT2D eigenvalue weighted by atomic mass is 19.1. The van der Waals surface area contributed by atoms with Crippen LogP contribution in [0.15, 0.2) is 42.5 Å². The van der Waals surface area contributed by atoms with E-state index in [-0.39, 0.29) is 30.5 Å². The first-order valence-electron chi connectivity index (χ1n) is 9.21. The lowest BCUT2D eigenvalue weighted by molar-refractivity contribution is -0.387. The molecular weight excluding hydrogens is 409 g/mol. The summed E-state index contributed by atoms with van der Waals surface area (Å²) < 4.78 is 15.1. The predicted octanol–water partition coefficient (Wildman–Crippen LogP) is 1.92. The molecule has 0 unspecified atom stereocenters. The van der Waals surface area contributed by atoms with E-state index < -0.39 is 22.3 Å². The maximum atomic E-state index is 13.6. The topological polar surface area (TPSA) is 136 Å². The van der Waals surface area contributed by atoms with Gasteiger partial charge in [0.05, 0.1) is 16.5 Å². The number of carbonyl (C=O) groups excluding carboxylic acids is 2. The summed E-state index contributed by atoms with van der Waals surface area (Å²) in [6.07, 6.45) is -0.0656. The number of aromatic nitrogens is 4. The Morgan fingerprint density at radius 1 is 1.29 bits per heavy atom. The van der Waals surface area contributed by atoms with E-state index in [1.807, 2.05) is 0 Å². The highest BCUT2D eigenvalue weighted by molar-refractivity contribution is 6.03. The zero-order valence-electron chi connectivity index (χ0n) is 16.2. The average molecular weight is 425 g/mol. The summed E-state index contributed by atoms with van der Waals surface area (Å²) in [6, 6.07) is 10.1. The minimum absolute atomic E-state index is 0.0281. The molecule has 1 atom stereocenters. The van der Waals surface area contributed by atoms with Crippen molar-refractivity contribution in [1.29, 1.82) is 0 Å². The molecule has 1 aliphatic rings. The number of nitrogens with one attached hydrogen (secondary N) is 1. The molecule has 3 aromatic rings. The van der Waals surface area contributed by atoms with E-state index in [0.717, 1.165) is 12.1 Å². The van der Waals surface area contributed by atoms with E-state index in [4.69, 9.17) is 0 Å². The number of anilines is 2. The number of halogens is 1. The molecule has 0 saturated carbocycles. The fourth-order valence-corrected chi connectivity index (χ4v) is 3.40. The Morgan fingerprint density at radius 2 is 2.10 bits per heavy atom. The number of nitro benzene ring substituents is 1. The lowest BCUT2D eigenvalue weighted by Gasteiger charge is -2.16. The van der Waals surface area contributed by atoms with Gasteiger partial charge in [0.25, 0.3) is 0 Å². The largest absolute Gasteiger partial charge is 0.326 e. The van der Waals surface area contributed by atoms with E-state index in [0.29, 0.717) is 17.1 Å². The summed E-state index contributed by atoms with van der Waals surface area (Å²) >= 11 is 0. The zero-order valence-corrected chi connectivity index (χ0v) is 16.2. The molecule has 2 amide bonds. The Labute approximate surface area is 174 Å². The van der Waals surface area contributed by atoms with Crippen LogP contribution in [0.1, 0.15) is 6.42 Å². The number of amides is 2. The maximum absolute atomic E-state index is 13.6. The minimum Gasteiger partial charge on any atom is -0.326 e. The van der Waals surface area contributed by atoms with Crippen molar-refractivity contribution in [1.82, 2.24) is 20.2 Å². The Morgan fingerprint density at radius 3 is 2.81 bits per heavy atom. The summed E-state index contributed by atoms with van der Waals surface area (Å²) in [5, 5.41) is 25.0. The second-order valence-electron chi connectivity index (χ2n) is 6.99. The molecule has 2 aromatic carbocycles. The molecule has 12 heteroatoms. The number of nitro groups is 1. The highest BCUT2D eigenvalue weighted by Crippen LogP contribution is 2.30. The second-order valence-corrected chi connectivity index (χ2v) is 6.99. The van der Waals surface area contributed by atoms with Crippen molar-refractivity contribution in [3.05, 3.63) is 58.4 Å². The molecule has 1 aromatic heterocycles. The number of hydrogen-bond acceptors (Lipinski definition) is 7. The Hall–Kier alpha value is -4.22. The molecule has 0 radical (unpaired) electrons. The number of hydrogen-bond donors (Lipinski definition) is 1. The van der Waals surface area contributed by atoms with Gasteiger partial charge >= 0.3 is 5.69 Å². The standard InChI is InChI=1S/C19H16FN7O4/c1-25-18(22-23-24-25)11-3-2-4-13(7-11)21-19(29)12-8-17(28)26(10-12)14-5-6-15(20)16(9-14)27(30)31/h2-7,9,12H,8,10H2,1H3,(H,21,29)/t12-/m1/s1. The van der Waals surface area contributed by atoms with E-state index in [1.165, 1.54) is 15.6 Å². The van der Waals surface area contributed by atoms with Crippen molar-refractivity contribution in [2.24, 2.45) is 13.0 Å². The number of aryl methyl sites for hydroxylation is 1. The predicted molar refractivity (Wildman–Crippen MR) is 106 cm³/mol. The maximum Gasteiger partial charge on any atom is 0.306 e. The fourth-order valence-electron chi connectivity index (χ4n) is 3.40. The van der Waals surface area contributed by atoms with Crippen LogP contribution in [0.2, 0.25) is 0 Å². The summed E-state index contributed by atoms with van der Waals surface area (Å²) in [4.78, 5) is 36.5. The molecule has 0 spiro atoms. The monoisotopic (exact) mass is 425 g/mol. The zero-order chi connectivity index (χ0) is 22.1. The van der Waals surface area contributed by atoms with Gasteiger partial charge < -0.3 is 10.2 Å². The van der Waals surface area contributed by atoms with Crippen molar-refractivity contribution in [3.63, 3.8) is 0 Å². The van der Waals surface area contributed by atoms with Crippen molar-refractivity contribution >= 4 is 28.9 Å². The molecule has 31 heavy (non-hydrogen) atoms. The van der Waals surface area contributed by atoms with Gasteiger partial charge in [-0.2, -0.15) is 4.39 Å². The first-order valence-corrected chi connectivity index (χ1v) is 9.21. The molecule has 11 nitrogen and oxygen atoms in total. The Balaban J connectivity index is 1.49.